The van der Waals surface area contributed by atoms with E-state index in [1.807, 2.05) is 23.3 Å². The highest BCUT2D eigenvalue weighted by Gasteiger charge is 2.05. The maximum Gasteiger partial charge on any atom is 0.0568 e. The van der Waals surface area contributed by atoms with Crippen molar-refractivity contribution in [3.05, 3.63) is 36.4 Å². The molecule has 2 heterocycles. The summed E-state index contributed by atoms with van der Waals surface area (Å²) >= 11 is 0. The second-order valence-electron chi connectivity index (χ2n) is 4.65. The Hall–Kier alpha value is -1.64. The largest absolute Gasteiger partial charge is 0.272 e. The first-order chi connectivity index (χ1) is 8.20. The van der Waals surface area contributed by atoms with Gasteiger partial charge in [-0.1, -0.05) is 20.8 Å². The van der Waals surface area contributed by atoms with Crippen LogP contribution in [0.4, 0.5) is 0 Å². The third-order valence-corrected chi connectivity index (χ3v) is 2.85. The topological polar surface area (TPSA) is 30.7 Å². The summed E-state index contributed by atoms with van der Waals surface area (Å²) in [4.78, 5) is 4.30. The number of pyridine rings is 1. The lowest BCUT2D eigenvalue weighted by molar-refractivity contribution is 0.603. The molecule has 3 heteroatoms. The summed E-state index contributed by atoms with van der Waals surface area (Å²) in [5, 5.41) is 4.35. The third kappa shape index (κ3) is 2.73. The summed E-state index contributed by atoms with van der Waals surface area (Å²) in [5.41, 5.74) is 3.57. The second kappa shape index (κ2) is 5.13. The zero-order valence-electron chi connectivity index (χ0n) is 10.7. The first-order valence-electron chi connectivity index (χ1n) is 6.18. The lowest BCUT2D eigenvalue weighted by Gasteiger charge is -2.05. The van der Waals surface area contributed by atoms with Gasteiger partial charge in [-0.05, 0) is 24.0 Å². The highest BCUT2D eigenvalue weighted by molar-refractivity contribution is 5.61. The van der Waals surface area contributed by atoms with Gasteiger partial charge in [-0.25, -0.2) is 0 Å². The summed E-state index contributed by atoms with van der Waals surface area (Å²) in [6, 6.07) is 2.20. The van der Waals surface area contributed by atoms with Crippen molar-refractivity contribution in [2.75, 3.05) is 0 Å². The Balaban J connectivity index is 2.28. The van der Waals surface area contributed by atoms with Crippen molar-refractivity contribution in [1.29, 1.82) is 0 Å². The summed E-state index contributed by atoms with van der Waals surface area (Å²) in [5.74, 6) is 0.508. The molecule has 0 spiro atoms. The van der Waals surface area contributed by atoms with Crippen LogP contribution < -0.4 is 0 Å². The van der Waals surface area contributed by atoms with Gasteiger partial charge in [0.05, 0.1) is 6.20 Å². The van der Waals surface area contributed by atoms with Crippen molar-refractivity contribution in [2.24, 2.45) is 0 Å². The molecule has 90 valence electrons. The SMILES string of the molecule is CCCn1cc(-c2cncc(C(C)C)c2)cn1. The molecule has 0 N–H and O–H groups in total. The first-order valence-corrected chi connectivity index (χ1v) is 6.18. The van der Waals surface area contributed by atoms with E-state index in [0.29, 0.717) is 5.92 Å². The Morgan fingerprint density at radius 2 is 2.00 bits per heavy atom. The number of aryl methyl sites for hydroxylation is 1. The lowest BCUT2D eigenvalue weighted by atomic mass is 10.0. The molecule has 0 aromatic carbocycles. The van der Waals surface area contributed by atoms with E-state index in [1.165, 1.54) is 5.56 Å². The zero-order chi connectivity index (χ0) is 12.3. The van der Waals surface area contributed by atoms with Gasteiger partial charge >= 0.3 is 0 Å². The monoisotopic (exact) mass is 229 g/mol. The van der Waals surface area contributed by atoms with E-state index in [4.69, 9.17) is 0 Å². The molecule has 0 atom stereocenters. The van der Waals surface area contributed by atoms with Crippen LogP contribution in [0.5, 0.6) is 0 Å². The van der Waals surface area contributed by atoms with E-state index in [1.54, 1.807) is 0 Å². The van der Waals surface area contributed by atoms with Crippen molar-refractivity contribution in [3.8, 4) is 11.1 Å². The maximum atomic E-state index is 4.35. The molecule has 0 aliphatic heterocycles. The molecule has 0 saturated heterocycles. The van der Waals surface area contributed by atoms with E-state index >= 15 is 0 Å². The Morgan fingerprint density at radius 3 is 2.71 bits per heavy atom. The molecular weight excluding hydrogens is 210 g/mol. The third-order valence-electron chi connectivity index (χ3n) is 2.85. The molecule has 2 aromatic heterocycles. The first kappa shape index (κ1) is 11.8. The molecule has 0 bridgehead atoms. The molecule has 0 amide bonds. The normalized spacial score (nSPS) is 11.1. The highest BCUT2D eigenvalue weighted by atomic mass is 15.3. The predicted octanol–water partition coefficient (Wildman–Crippen LogP) is 3.48. The van der Waals surface area contributed by atoms with E-state index in [0.717, 1.165) is 24.1 Å². The average molecular weight is 229 g/mol. The molecule has 2 rings (SSSR count). The summed E-state index contributed by atoms with van der Waals surface area (Å²) < 4.78 is 1.98. The van der Waals surface area contributed by atoms with Crippen LogP contribution in [0.25, 0.3) is 11.1 Å². The van der Waals surface area contributed by atoms with Crippen LogP contribution in [-0.2, 0) is 6.54 Å². The number of hydrogen-bond acceptors (Lipinski definition) is 2. The molecule has 0 radical (unpaired) electrons. The minimum Gasteiger partial charge on any atom is -0.272 e. The Labute approximate surface area is 103 Å². The van der Waals surface area contributed by atoms with Gasteiger partial charge in [-0.3, -0.25) is 9.67 Å². The summed E-state index contributed by atoms with van der Waals surface area (Å²) in [6.07, 6.45) is 8.94. The van der Waals surface area contributed by atoms with Crippen molar-refractivity contribution >= 4 is 0 Å². The van der Waals surface area contributed by atoms with Gasteiger partial charge < -0.3 is 0 Å². The van der Waals surface area contributed by atoms with Gasteiger partial charge in [0.25, 0.3) is 0 Å². The van der Waals surface area contributed by atoms with Crippen LogP contribution >= 0.6 is 0 Å². The number of rotatable bonds is 4. The van der Waals surface area contributed by atoms with Crippen molar-refractivity contribution in [2.45, 2.75) is 39.7 Å². The summed E-state index contributed by atoms with van der Waals surface area (Å²) in [7, 11) is 0. The standard InChI is InChI=1S/C14H19N3/c1-4-5-17-10-14(9-16-17)13-6-12(11(2)3)7-15-8-13/h6-11H,4-5H2,1-3H3. The zero-order valence-corrected chi connectivity index (χ0v) is 10.7. The van der Waals surface area contributed by atoms with Gasteiger partial charge in [0, 0.05) is 36.3 Å². The van der Waals surface area contributed by atoms with Crippen LogP contribution in [0, 0.1) is 0 Å². The van der Waals surface area contributed by atoms with Crippen molar-refractivity contribution in [1.82, 2.24) is 14.8 Å². The van der Waals surface area contributed by atoms with E-state index in [-0.39, 0.29) is 0 Å². The second-order valence-corrected chi connectivity index (χ2v) is 4.65. The molecule has 2 aromatic rings. The number of nitrogens with zero attached hydrogens (tertiary/aromatic N) is 3. The molecule has 0 unspecified atom stereocenters. The molecule has 0 saturated carbocycles. The van der Waals surface area contributed by atoms with Gasteiger partial charge in [-0.15, -0.1) is 0 Å². The molecule has 3 nitrogen and oxygen atoms in total. The van der Waals surface area contributed by atoms with Crippen LogP contribution in [0.3, 0.4) is 0 Å². The highest BCUT2D eigenvalue weighted by Crippen LogP contribution is 2.22. The van der Waals surface area contributed by atoms with Gasteiger partial charge in [-0.2, -0.15) is 5.10 Å². The minimum atomic E-state index is 0.508. The fraction of sp³-hybridized carbons (Fsp3) is 0.429. The van der Waals surface area contributed by atoms with Crippen molar-refractivity contribution < 1.29 is 0 Å². The molecule has 17 heavy (non-hydrogen) atoms. The Kier molecular flexibility index (Phi) is 3.57. The van der Waals surface area contributed by atoms with E-state index in [9.17, 15) is 0 Å². The minimum absolute atomic E-state index is 0.508. The number of aromatic nitrogens is 3. The average Bonchev–Trinajstić information content (AvgIpc) is 2.78. The van der Waals surface area contributed by atoms with E-state index in [2.05, 4.69) is 43.1 Å². The Bertz CT molecular complexity index is 486. The maximum absolute atomic E-state index is 4.35. The fourth-order valence-corrected chi connectivity index (χ4v) is 1.80. The smallest absolute Gasteiger partial charge is 0.0568 e. The van der Waals surface area contributed by atoms with E-state index < -0.39 is 0 Å². The molecule has 0 aliphatic carbocycles. The van der Waals surface area contributed by atoms with Crippen LogP contribution in [0.15, 0.2) is 30.9 Å². The number of hydrogen-bond donors (Lipinski definition) is 0. The quantitative estimate of drug-likeness (QED) is 0.803. The summed E-state index contributed by atoms with van der Waals surface area (Å²) in [6.45, 7) is 7.49. The molecular formula is C14H19N3. The fourth-order valence-electron chi connectivity index (χ4n) is 1.80. The Morgan fingerprint density at radius 1 is 1.18 bits per heavy atom. The lowest BCUT2D eigenvalue weighted by Crippen LogP contribution is -1.95. The van der Waals surface area contributed by atoms with Crippen LogP contribution in [0.2, 0.25) is 0 Å². The van der Waals surface area contributed by atoms with Gasteiger partial charge in [0.2, 0.25) is 0 Å². The molecule has 0 fully saturated rings. The molecule has 0 aliphatic rings. The van der Waals surface area contributed by atoms with Crippen molar-refractivity contribution in [3.63, 3.8) is 0 Å². The van der Waals surface area contributed by atoms with Gasteiger partial charge in [0.1, 0.15) is 0 Å². The van der Waals surface area contributed by atoms with Crippen LogP contribution in [0.1, 0.15) is 38.7 Å². The predicted molar refractivity (Wildman–Crippen MR) is 69.8 cm³/mol. The van der Waals surface area contributed by atoms with Gasteiger partial charge in [0.15, 0.2) is 0 Å². The van der Waals surface area contributed by atoms with Crippen LogP contribution in [-0.4, -0.2) is 14.8 Å².